The molecule has 0 N–H and O–H groups in total. The first-order chi connectivity index (χ1) is 18.1. The van der Waals surface area contributed by atoms with E-state index in [1.807, 2.05) is 0 Å². The van der Waals surface area contributed by atoms with E-state index in [0.29, 0.717) is 0 Å². The lowest BCUT2D eigenvalue weighted by molar-refractivity contribution is -0.0520. The van der Waals surface area contributed by atoms with Gasteiger partial charge in [0, 0.05) is 0 Å². The largest absolute Gasteiger partial charge is 0.287 e. The average Bonchev–Trinajstić information content (AvgIpc) is 2.84. The third-order valence-electron chi connectivity index (χ3n) is 10.7. The van der Waals surface area contributed by atoms with E-state index in [-0.39, 0.29) is 42.3 Å². The summed E-state index contributed by atoms with van der Waals surface area (Å²) < 4.78 is 3.32. The van der Waals surface area contributed by atoms with E-state index in [2.05, 4.69) is 10.2 Å². The molecule has 0 saturated heterocycles. The summed E-state index contributed by atoms with van der Waals surface area (Å²) in [4.78, 5) is 24.8. The molecule has 204 valence electrons. The molecule has 2 aromatic rings. The van der Waals surface area contributed by atoms with Crippen molar-refractivity contribution in [2.24, 2.45) is 35.5 Å². The van der Waals surface area contributed by atoms with Crippen molar-refractivity contribution in [2.45, 2.75) is 88.1 Å². The Morgan fingerprint density at radius 1 is 0.553 bits per heavy atom. The first-order valence-corrected chi connectivity index (χ1v) is 15.5. The van der Waals surface area contributed by atoms with Gasteiger partial charge in [-0.2, -0.15) is 10.2 Å². The van der Waals surface area contributed by atoms with Gasteiger partial charge in [0.25, 0.3) is 11.1 Å². The Bertz CT molecular complexity index is 1230. The minimum atomic E-state index is -0.212. The summed E-state index contributed by atoms with van der Waals surface area (Å²) in [6, 6.07) is 0. The monoisotopic (exact) mass is 596 g/mol. The highest BCUT2D eigenvalue weighted by Crippen LogP contribution is 2.59. The summed E-state index contributed by atoms with van der Waals surface area (Å²) in [7, 11) is 0. The maximum atomic E-state index is 12.4. The van der Waals surface area contributed by atoms with Gasteiger partial charge < -0.3 is 0 Å². The van der Waals surface area contributed by atoms with E-state index in [9.17, 15) is 9.59 Å². The molecule has 0 aromatic carbocycles. The van der Waals surface area contributed by atoms with Crippen LogP contribution < -0.4 is 11.1 Å². The molecule has 0 spiro atoms. The predicted molar refractivity (Wildman–Crippen MR) is 149 cm³/mol. The van der Waals surface area contributed by atoms with Crippen LogP contribution in [0.2, 0.25) is 20.1 Å². The molecule has 8 fully saturated rings. The van der Waals surface area contributed by atoms with Crippen molar-refractivity contribution in [3.8, 4) is 0 Å². The minimum Gasteiger partial charge on any atom is -0.266 e. The quantitative estimate of drug-likeness (QED) is 0.375. The minimum absolute atomic E-state index is 0.0833. The standard InChI is InChI=1S/2C14H16Cl2N2O/c2*15-11-7-17-18(13(19)12(11)16)14-4-8-1-9(5-14)3-10(2-8)6-14/h2*7-10H,1-6H2. The molecule has 8 saturated carbocycles. The van der Waals surface area contributed by atoms with E-state index < -0.39 is 0 Å². The lowest BCUT2D eigenvalue weighted by atomic mass is 9.53. The Morgan fingerprint density at radius 2 is 0.816 bits per heavy atom. The van der Waals surface area contributed by atoms with Gasteiger partial charge in [0.15, 0.2) is 0 Å². The van der Waals surface area contributed by atoms with Crippen LogP contribution in [0.4, 0.5) is 0 Å². The normalized spacial score (nSPS) is 39.8. The summed E-state index contributed by atoms with van der Waals surface area (Å²) in [5, 5.41) is 9.38. The molecule has 2 aromatic heterocycles. The number of halogens is 4. The topological polar surface area (TPSA) is 69.8 Å². The molecule has 0 radical (unpaired) electrons. The van der Waals surface area contributed by atoms with Crippen molar-refractivity contribution in [2.75, 3.05) is 0 Å². The van der Waals surface area contributed by atoms with E-state index in [4.69, 9.17) is 46.4 Å². The molecule has 0 amide bonds. The first kappa shape index (κ1) is 25.9. The van der Waals surface area contributed by atoms with Crippen LogP contribution in [-0.2, 0) is 11.1 Å². The van der Waals surface area contributed by atoms with Gasteiger partial charge in [-0.05, 0) is 113 Å². The van der Waals surface area contributed by atoms with Crippen molar-refractivity contribution < 1.29 is 0 Å². The zero-order valence-corrected chi connectivity index (χ0v) is 24.2. The fraction of sp³-hybridized carbons (Fsp3) is 0.714. The fourth-order valence-electron chi connectivity index (χ4n) is 10.1. The van der Waals surface area contributed by atoms with E-state index in [1.165, 1.54) is 50.9 Å². The maximum Gasteiger partial charge on any atom is 0.287 e. The van der Waals surface area contributed by atoms with E-state index >= 15 is 0 Å². The predicted octanol–water partition coefficient (Wildman–Crippen LogP) is 6.95. The molecule has 2 heterocycles. The smallest absolute Gasteiger partial charge is 0.266 e. The summed E-state index contributed by atoms with van der Waals surface area (Å²) in [5.74, 6) is 4.64. The molecule has 38 heavy (non-hydrogen) atoms. The number of hydrogen-bond donors (Lipinski definition) is 0. The van der Waals surface area contributed by atoms with Gasteiger partial charge in [-0.15, -0.1) is 0 Å². The average molecular weight is 598 g/mol. The van der Waals surface area contributed by atoms with Crippen LogP contribution in [0, 0.1) is 35.5 Å². The lowest BCUT2D eigenvalue weighted by Crippen LogP contribution is -2.55. The van der Waals surface area contributed by atoms with Crippen LogP contribution in [-0.4, -0.2) is 19.6 Å². The highest BCUT2D eigenvalue weighted by molar-refractivity contribution is 6.42. The second-order valence-corrected chi connectivity index (χ2v) is 14.9. The Morgan fingerprint density at radius 3 is 1.08 bits per heavy atom. The Hall–Kier alpha value is -1.08. The number of nitrogens with zero attached hydrogens (tertiary/aromatic N) is 4. The first-order valence-electron chi connectivity index (χ1n) is 14.0. The van der Waals surface area contributed by atoms with Crippen LogP contribution in [0.15, 0.2) is 22.0 Å². The zero-order valence-electron chi connectivity index (χ0n) is 21.2. The van der Waals surface area contributed by atoms with Crippen LogP contribution in [0.3, 0.4) is 0 Å². The Labute approximate surface area is 242 Å². The van der Waals surface area contributed by atoms with Gasteiger partial charge in [-0.1, -0.05) is 46.4 Å². The number of rotatable bonds is 2. The van der Waals surface area contributed by atoms with Crippen molar-refractivity contribution in [1.29, 1.82) is 0 Å². The molecule has 8 bridgehead atoms. The highest BCUT2D eigenvalue weighted by Gasteiger charge is 2.54. The lowest BCUT2D eigenvalue weighted by Gasteiger charge is -2.56. The van der Waals surface area contributed by atoms with Crippen molar-refractivity contribution in [3.63, 3.8) is 0 Å². The number of aromatic nitrogens is 4. The third-order valence-corrected chi connectivity index (χ3v) is 12.2. The second kappa shape index (κ2) is 9.22. The molecule has 10 heteroatoms. The summed E-state index contributed by atoms with van der Waals surface area (Å²) in [5.41, 5.74) is -0.590. The molecular formula is C28H32Cl4N4O2. The third kappa shape index (κ3) is 4.11. The van der Waals surface area contributed by atoms with Crippen molar-refractivity contribution in [3.05, 3.63) is 53.2 Å². The summed E-state index contributed by atoms with van der Waals surface area (Å²) >= 11 is 23.8. The van der Waals surface area contributed by atoms with Gasteiger partial charge in [-0.3, -0.25) is 9.59 Å². The molecule has 6 nitrogen and oxygen atoms in total. The van der Waals surface area contributed by atoms with Gasteiger partial charge in [0.2, 0.25) is 0 Å². The molecule has 0 aliphatic heterocycles. The molecule has 0 unspecified atom stereocenters. The van der Waals surface area contributed by atoms with Gasteiger partial charge >= 0.3 is 0 Å². The summed E-state index contributed by atoms with van der Waals surface area (Å²) in [6.45, 7) is 0. The van der Waals surface area contributed by atoms with Gasteiger partial charge in [0.1, 0.15) is 10.0 Å². The second-order valence-electron chi connectivity index (χ2n) is 13.3. The molecule has 8 aliphatic carbocycles. The molecule has 8 aliphatic rings. The zero-order chi connectivity index (χ0) is 26.4. The summed E-state index contributed by atoms with van der Waals surface area (Å²) in [6.07, 6.45) is 17.6. The maximum absolute atomic E-state index is 12.4. The van der Waals surface area contributed by atoms with Crippen LogP contribution in [0.25, 0.3) is 0 Å². The van der Waals surface area contributed by atoms with Gasteiger partial charge in [0.05, 0.1) is 33.5 Å². The van der Waals surface area contributed by atoms with Crippen LogP contribution >= 0.6 is 46.4 Å². The van der Waals surface area contributed by atoms with Gasteiger partial charge in [-0.25, -0.2) is 9.36 Å². The van der Waals surface area contributed by atoms with Crippen molar-refractivity contribution >= 4 is 46.4 Å². The Balaban J connectivity index is 0.000000127. The molecular weight excluding hydrogens is 566 g/mol. The molecule has 0 atom stereocenters. The molecule has 10 rings (SSSR count). The number of hydrogen-bond acceptors (Lipinski definition) is 4. The van der Waals surface area contributed by atoms with Crippen LogP contribution in [0.5, 0.6) is 0 Å². The van der Waals surface area contributed by atoms with E-state index in [0.717, 1.165) is 74.0 Å². The van der Waals surface area contributed by atoms with Crippen LogP contribution in [0.1, 0.15) is 77.0 Å². The fourth-order valence-corrected chi connectivity index (χ4v) is 10.7. The Kier molecular flexibility index (Phi) is 6.28. The highest BCUT2D eigenvalue weighted by atomic mass is 35.5. The van der Waals surface area contributed by atoms with E-state index in [1.54, 1.807) is 9.36 Å². The SMILES string of the molecule is O=c1c(Cl)c(Cl)cnn1C12CC3CC(CC(C3)C1)C2.O=c1c(Cl)c(Cl)cnn1C12CC3CC(CC(C3)C1)C2. The van der Waals surface area contributed by atoms with Crippen molar-refractivity contribution in [1.82, 2.24) is 19.6 Å².